The highest BCUT2D eigenvalue weighted by Crippen LogP contribution is 2.28. The minimum absolute atomic E-state index is 0.154. The molecule has 0 aromatic heterocycles. The molecule has 0 radical (unpaired) electrons. The number of esters is 1. The maximum Gasteiger partial charge on any atom is 0.340 e. The molecule has 0 aliphatic carbocycles. The van der Waals surface area contributed by atoms with Crippen LogP contribution < -0.4 is 5.32 Å². The largest absolute Gasteiger partial charge is 0.462 e. The van der Waals surface area contributed by atoms with Crippen molar-refractivity contribution in [1.29, 1.82) is 0 Å². The number of anilines is 1. The Morgan fingerprint density at radius 3 is 2.44 bits per heavy atom. The first kappa shape index (κ1) is 19.3. The third kappa shape index (κ3) is 5.51. The normalized spacial score (nSPS) is 11.6. The summed E-state index contributed by atoms with van der Waals surface area (Å²) in [4.78, 5) is 25.6. The van der Waals surface area contributed by atoms with Gasteiger partial charge in [-0.15, -0.1) is 11.8 Å². The summed E-state index contributed by atoms with van der Waals surface area (Å²) < 4.78 is 5.04. The second-order valence-corrected chi connectivity index (χ2v) is 6.94. The van der Waals surface area contributed by atoms with E-state index in [1.165, 1.54) is 11.8 Å². The Balaban J connectivity index is 2.11. The molecule has 2 aromatic carbocycles. The quantitative estimate of drug-likeness (QED) is 0.543. The average molecular weight is 378 g/mol. The van der Waals surface area contributed by atoms with Crippen LogP contribution in [-0.4, -0.2) is 23.7 Å². The van der Waals surface area contributed by atoms with Gasteiger partial charge in [0.2, 0.25) is 5.91 Å². The van der Waals surface area contributed by atoms with E-state index in [0.29, 0.717) is 22.7 Å². The van der Waals surface area contributed by atoms with Gasteiger partial charge in [0.15, 0.2) is 0 Å². The minimum atomic E-state index is -0.447. The first-order chi connectivity index (χ1) is 12.0. The summed E-state index contributed by atoms with van der Waals surface area (Å²) >= 11 is 7.35. The summed E-state index contributed by atoms with van der Waals surface area (Å²) in [5.41, 5.74) is 0.810. The van der Waals surface area contributed by atoms with E-state index < -0.39 is 5.97 Å². The molecule has 25 heavy (non-hydrogen) atoms. The van der Waals surface area contributed by atoms with E-state index in [1.54, 1.807) is 43.3 Å². The molecule has 0 fully saturated rings. The Morgan fingerprint density at radius 2 is 1.80 bits per heavy atom. The summed E-state index contributed by atoms with van der Waals surface area (Å²) in [6, 6.07) is 14.2. The maximum atomic E-state index is 12.6. The molecule has 4 nitrogen and oxygen atoms in total. The van der Waals surface area contributed by atoms with Gasteiger partial charge >= 0.3 is 5.97 Å². The van der Waals surface area contributed by atoms with Crippen molar-refractivity contribution >= 4 is 40.9 Å². The second kappa shape index (κ2) is 9.49. The Bertz CT molecular complexity index is 734. The van der Waals surface area contributed by atoms with Crippen molar-refractivity contribution in [1.82, 2.24) is 0 Å². The van der Waals surface area contributed by atoms with Crippen LogP contribution in [-0.2, 0) is 9.53 Å². The van der Waals surface area contributed by atoms with E-state index in [2.05, 4.69) is 5.32 Å². The number of para-hydroxylation sites is 1. The first-order valence-electron chi connectivity index (χ1n) is 8.04. The lowest BCUT2D eigenvalue weighted by molar-refractivity contribution is -0.115. The van der Waals surface area contributed by atoms with Crippen molar-refractivity contribution in [3.05, 3.63) is 59.1 Å². The number of amides is 1. The smallest absolute Gasteiger partial charge is 0.340 e. The molecular formula is C19H20ClNO3S. The lowest BCUT2D eigenvalue weighted by atomic mass is 10.1. The van der Waals surface area contributed by atoms with Crippen LogP contribution in [0.4, 0.5) is 5.69 Å². The van der Waals surface area contributed by atoms with Gasteiger partial charge in [-0.3, -0.25) is 4.79 Å². The molecular weight excluding hydrogens is 358 g/mol. The molecule has 6 heteroatoms. The fraction of sp³-hybridized carbons (Fsp3) is 0.263. The van der Waals surface area contributed by atoms with E-state index in [4.69, 9.17) is 16.3 Å². The van der Waals surface area contributed by atoms with Crippen LogP contribution in [0.5, 0.6) is 0 Å². The summed E-state index contributed by atoms with van der Waals surface area (Å²) in [6.45, 7) is 3.98. The summed E-state index contributed by atoms with van der Waals surface area (Å²) in [5.74, 6) is -0.601. The van der Waals surface area contributed by atoms with Crippen LogP contribution in [0, 0.1) is 0 Å². The Labute approximate surface area is 156 Å². The molecule has 0 aliphatic rings. The fourth-order valence-electron chi connectivity index (χ4n) is 2.19. The van der Waals surface area contributed by atoms with Crippen LogP contribution in [0.3, 0.4) is 0 Å². The monoisotopic (exact) mass is 377 g/mol. The molecule has 0 saturated heterocycles. The number of rotatable bonds is 7. The van der Waals surface area contributed by atoms with Gasteiger partial charge in [0, 0.05) is 9.92 Å². The highest BCUT2D eigenvalue weighted by molar-refractivity contribution is 8.00. The number of thioether (sulfide) groups is 1. The molecule has 2 rings (SSSR count). The fourth-order valence-corrected chi connectivity index (χ4v) is 3.27. The van der Waals surface area contributed by atoms with E-state index in [1.807, 2.05) is 19.1 Å². The van der Waals surface area contributed by atoms with Crippen LogP contribution in [0.25, 0.3) is 0 Å². The van der Waals surface area contributed by atoms with Gasteiger partial charge in [-0.05, 0) is 49.7 Å². The average Bonchev–Trinajstić information content (AvgIpc) is 2.61. The van der Waals surface area contributed by atoms with E-state index >= 15 is 0 Å². The predicted octanol–water partition coefficient (Wildman–Crippen LogP) is 5.03. The van der Waals surface area contributed by atoms with Gasteiger partial charge < -0.3 is 10.1 Å². The Hall–Kier alpha value is -1.98. The number of benzene rings is 2. The molecule has 1 atom stereocenters. The standard InChI is InChI=1S/C19H20ClNO3S/c1-3-17(25-14-11-9-13(20)10-12-14)18(22)21-16-8-6-5-7-15(16)19(23)24-4-2/h5-12,17H,3-4H2,1-2H3,(H,21,22)/t17-/m0/s1. The third-order valence-corrected chi connectivity index (χ3v) is 5.06. The molecule has 0 bridgehead atoms. The van der Waals surface area contributed by atoms with Gasteiger partial charge in [-0.25, -0.2) is 4.79 Å². The molecule has 132 valence electrons. The molecule has 0 saturated carbocycles. The maximum absolute atomic E-state index is 12.6. The summed E-state index contributed by atoms with van der Waals surface area (Å²) in [7, 11) is 0. The van der Waals surface area contributed by atoms with Crippen molar-refractivity contribution in [3.63, 3.8) is 0 Å². The number of carbonyl (C=O) groups is 2. The highest BCUT2D eigenvalue weighted by Gasteiger charge is 2.20. The predicted molar refractivity (Wildman–Crippen MR) is 102 cm³/mol. The molecule has 0 spiro atoms. The van der Waals surface area contributed by atoms with Crippen molar-refractivity contribution in [2.24, 2.45) is 0 Å². The molecule has 0 heterocycles. The Morgan fingerprint density at radius 1 is 1.12 bits per heavy atom. The van der Waals surface area contributed by atoms with Crippen LogP contribution in [0.15, 0.2) is 53.4 Å². The zero-order chi connectivity index (χ0) is 18.2. The van der Waals surface area contributed by atoms with Crippen LogP contribution in [0.1, 0.15) is 30.6 Å². The zero-order valence-corrected chi connectivity index (χ0v) is 15.7. The van der Waals surface area contributed by atoms with Gasteiger partial charge in [0.25, 0.3) is 0 Å². The van der Waals surface area contributed by atoms with E-state index in [9.17, 15) is 9.59 Å². The van der Waals surface area contributed by atoms with E-state index in [-0.39, 0.29) is 17.8 Å². The number of carbonyl (C=O) groups excluding carboxylic acids is 2. The summed E-state index contributed by atoms with van der Waals surface area (Å²) in [6.07, 6.45) is 0.653. The third-order valence-electron chi connectivity index (χ3n) is 3.44. The van der Waals surface area contributed by atoms with Crippen LogP contribution >= 0.6 is 23.4 Å². The molecule has 0 aliphatic heterocycles. The molecule has 1 amide bonds. The van der Waals surface area contributed by atoms with Gasteiger partial charge in [-0.1, -0.05) is 30.7 Å². The van der Waals surface area contributed by atoms with E-state index in [0.717, 1.165) is 4.90 Å². The van der Waals surface area contributed by atoms with Crippen molar-refractivity contribution in [2.75, 3.05) is 11.9 Å². The van der Waals surface area contributed by atoms with Crippen molar-refractivity contribution in [2.45, 2.75) is 30.4 Å². The molecule has 0 unspecified atom stereocenters. The van der Waals surface area contributed by atoms with Gasteiger partial charge in [0.1, 0.15) is 0 Å². The van der Waals surface area contributed by atoms with Gasteiger partial charge in [0.05, 0.1) is 23.1 Å². The zero-order valence-electron chi connectivity index (χ0n) is 14.1. The number of ether oxygens (including phenoxy) is 1. The number of hydrogen-bond donors (Lipinski definition) is 1. The van der Waals surface area contributed by atoms with Crippen molar-refractivity contribution < 1.29 is 14.3 Å². The molecule has 1 N–H and O–H groups in total. The Kier molecular flexibility index (Phi) is 7.34. The van der Waals surface area contributed by atoms with Crippen LogP contribution in [0.2, 0.25) is 5.02 Å². The molecule has 2 aromatic rings. The SMILES string of the molecule is CCOC(=O)c1ccccc1NC(=O)[C@H](CC)Sc1ccc(Cl)cc1. The van der Waals surface area contributed by atoms with Gasteiger partial charge in [-0.2, -0.15) is 0 Å². The minimum Gasteiger partial charge on any atom is -0.462 e. The highest BCUT2D eigenvalue weighted by atomic mass is 35.5. The number of hydrogen-bond acceptors (Lipinski definition) is 4. The number of nitrogens with one attached hydrogen (secondary N) is 1. The second-order valence-electron chi connectivity index (χ2n) is 5.22. The number of halogens is 1. The topological polar surface area (TPSA) is 55.4 Å². The lowest BCUT2D eigenvalue weighted by Crippen LogP contribution is -2.25. The lowest BCUT2D eigenvalue weighted by Gasteiger charge is -2.16. The first-order valence-corrected chi connectivity index (χ1v) is 9.30. The van der Waals surface area contributed by atoms with Crippen molar-refractivity contribution in [3.8, 4) is 0 Å². The summed E-state index contributed by atoms with van der Waals surface area (Å²) in [5, 5.41) is 3.22.